The zero-order valence-electron chi connectivity index (χ0n) is 13.2. The van der Waals surface area contributed by atoms with E-state index < -0.39 is 0 Å². The van der Waals surface area contributed by atoms with Gasteiger partial charge in [-0.3, -0.25) is 10.1 Å². The largest absolute Gasteiger partial charge is 0.497 e. The SMILES string of the molecule is COc1ccc2nc(C(=O)Nc3nc(-c4cccs4)cs3)ccc2c1. The smallest absolute Gasteiger partial charge is 0.276 e. The molecule has 25 heavy (non-hydrogen) atoms. The number of anilines is 1. The summed E-state index contributed by atoms with van der Waals surface area (Å²) in [5, 5.41) is 8.23. The van der Waals surface area contributed by atoms with E-state index in [0.29, 0.717) is 10.8 Å². The first-order valence-electron chi connectivity index (χ1n) is 7.48. The van der Waals surface area contributed by atoms with Crippen molar-refractivity contribution in [3.05, 3.63) is 58.9 Å². The molecule has 0 saturated heterocycles. The summed E-state index contributed by atoms with van der Waals surface area (Å²) < 4.78 is 5.20. The van der Waals surface area contributed by atoms with E-state index in [1.807, 2.05) is 47.2 Å². The molecule has 5 nitrogen and oxygen atoms in total. The molecule has 0 atom stereocenters. The number of carbonyl (C=O) groups excluding carboxylic acids is 1. The maximum Gasteiger partial charge on any atom is 0.276 e. The van der Waals surface area contributed by atoms with E-state index in [9.17, 15) is 4.79 Å². The van der Waals surface area contributed by atoms with Crippen LogP contribution in [0.4, 0.5) is 5.13 Å². The van der Waals surface area contributed by atoms with Crippen LogP contribution >= 0.6 is 22.7 Å². The molecular weight excluding hydrogens is 354 g/mol. The van der Waals surface area contributed by atoms with E-state index >= 15 is 0 Å². The van der Waals surface area contributed by atoms with Crippen LogP contribution in [-0.4, -0.2) is 23.0 Å². The van der Waals surface area contributed by atoms with Crippen LogP contribution in [-0.2, 0) is 0 Å². The third-order valence-corrected chi connectivity index (χ3v) is 5.28. The predicted molar refractivity (Wildman–Crippen MR) is 102 cm³/mol. The molecule has 0 aliphatic carbocycles. The number of ether oxygens (including phenoxy) is 1. The van der Waals surface area contributed by atoms with Gasteiger partial charge in [0, 0.05) is 10.8 Å². The van der Waals surface area contributed by atoms with Crippen LogP contribution in [0.25, 0.3) is 21.5 Å². The van der Waals surface area contributed by atoms with Gasteiger partial charge in [-0.1, -0.05) is 12.1 Å². The number of thiophene rings is 1. The highest BCUT2D eigenvalue weighted by molar-refractivity contribution is 7.16. The van der Waals surface area contributed by atoms with Gasteiger partial charge in [-0.05, 0) is 35.7 Å². The Morgan fingerprint density at radius 1 is 1.12 bits per heavy atom. The standard InChI is InChI=1S/C18H13N3O2S2/c1-23-12-5-7-13-11(9-12)4-6-14(19-13)17(22)21-18-20-15(10-25-18)16-3-2-8-24-16/h2-10H,1H3,(H,20,21,22). The molecule has 0 bridgehead atoms. The Morgan fingerprint density at radius 3 is 2.84 bits per heavy atom. The van der Waals surface area contributed by atoms with Crippen molar-refractivity contribution in [2.45, 2.75) is 0 Å². The number of hydrogen-bond donors (Lipinski definition) is 1. The number of aromatic nitrogens is 2. The summed E-state index contributed by atoms with van der Waals surface area (Å²) in [4.78, 5) is 22.4. The van der Waals surface area contributed by atoms with Gasteiger partial charge in [0.15, 0.2) is 5.13 Å². The van der Waals surface area contributed by atoms with Crippen LogP contribution in [0.3, 0.4) is 0 Å². The van der Waals surface area contributed by atoms with Gasteiger partial charge in [-0.15, -0.1) is 22.7 Å². The van der Waals surface area contributed by atoms with Crippen molar-refractivity contribution in [1.82, 2.24) is 9.97 Å². The molecule has 0 unspecified atom stereocenters. The molecule has 124 valence electrons. The Hall–Kier alpha value is -2.77. The molecule has 0 aliphatic rings. The minimum Gasteiger partial charge on any atom is -0.497 e. The van der Waals surface area contributed by atoms with E-state index in [2.05, 4.69) is 15.3 Å². The number of carbonyl (C=O) groups is 1. The number of amides is 1. The van der Waals surface area contributed by atoms with Gasteiger partial charge in [0.25, 0.3) is 5.91 Å². The number of nitrogens with zero attached hydrogens (tertiary/aromatic N) is 2. The maximum atomic E-state index is 12.4. The molecule has 1 N–H and O–H groups in total. The van der Waals surface area contributed by atoms with Crippen LogP contribution in [0.5, 0.6) is 5.75 Å². The van der Waals surface area contributed by atoms with Gasteiger partial charge in [0.1, 0.15) is 11.4 Å². The fraction of sp³-hybridized carbons (Fsp3) is 0.0556. The van der Waals surface area contributed by atoms with E-state index in [0.717, 1.165) is 27.2 Å². The predicted octanol–water partition coefficient (Wildman–Crippen LogP) is 4.68. The molecule has 7 heteroatoms. The molecule has 0 radical (unpaired) electrons. The van der Waals surface area contributed by atoms with Crippen molar-refractivity contribution < 1.29 is 9.53 Å². The lowest BCUT2D eigenvalue weighted by Crippen LogP contribution is -2.13. The van der Waals surface area contributed by atoms with E-state index in [1.165, 1.54) is 11.3 Å². The van der Waals surface area contributed by atoms with Crippen LogP contribution in [0.15, 0.2) is 53.2 Å². The lowest BCUT2D eigenvalue weighted by molar-refractivity contribution is 0.102. The summed E-state index contributed by atoms with van der Waals surface area (Å²) in [7, 11) is 1.62. The summed E-state index contributed by atoms with van der Waals surface area (Å²) >= 11 is 3.02. The Balaban J connectivity index is 1.55. The minimum absolute atomic E-state index is 0.273. The quantitative estimate of drug-likeness (QED) is 0.569. The third-order valence-electron chi connectivity index (χ3n) is 3.63. The molecule has 0 aliphatic heterocycles. The van der Waals surface area contributed by atoms with Crippen molar-refractivity contribution in [3.63, 3.8) is 0 Å². The molecule has 0 saturated carbocycles. The lowest BCUT2D eigenvalue weighted by Gasteiger charge is -2.05. The van der Waals surface area contributed by atoms with Crippen molar-refractivity contribution in [2.24, 2.45) is 0 Å². The fourth-order valence-corrected chi connectivity index (χ4v) is 3.85. The van der Waals surface area contributed by atoms with Crippen molar-refractivity contribution in [1.29, 1.82) is 0 Å². The first-order valence-corrected chi connectivity index (χ1v) is 9.24. The molecular formula is C18H13N3O2S2. The van der Waals surface area contributed by atoms with E-state index in [-0.39, 0.29) is 5.91 Å². The van der Waals surface area contributed by atoms with Gasteiger partial charge in [-0.25, -0.2) is 9.97 Å². The molecule has 4 rings (SSSR count). The van der Waals surface area contributed by atoms with Gasteiger partial charge in [-0.2, -0.15) is 0 Å². The molecule has 1 amide bonds. The molecule has 3 heterocycles. The molecule has 0 fully saturated rings. The average molecular weight is 367 g/mol. The Bertz CT molecular complexity index is 1040. The highest BCUT2D eigenvalue weighted by Gasteiger charge is 2.12. The minimum atomic E-state index is -0.273. The zero-order valence-corrected chi connectivity index (χ0v) is 14.9. The third kappa shape index (κ3) is 3.24. The Kier molecular flexibility index (Phi) is 4.17. The normalized spacial score (nSPS) is 10.8. The Labute approximate surface area is 152 Å². The van der Waals surface area contributed by atoms with Gasteiger partial charge < -0.3 is 4.74 Å². The second kappa shape index (κ2) is 6.62. The number of nitrogens with one attached hydrogen (secondary N) is 1. The number of pyridine rings is 1. The first kappa shape index (κ1) is 15.7. The van der Waals surface area contributed by atoms with Gasteiger partial charge in [0.05, 0.1) is 23.2 Å². The number of fused-ring (bicyclic) bond motifs is 1. The molecule has 3 aromatic heterocycles. The van der Waals surface area contributed by atoms with Crippen LogP contribution in [0.1, 0.15) is 10.5 Å². The number of benzene rings is 1. The van der Waals surface area contributed by atoms with Crippen molar-refractivity contribution in [3.8, 4) is 16.3 Å². The summed E-state index contributed by atoms with van der Waals surface area (Å²) in [5.74, 6) is 0.486. The molecule has 4 aromatic rings. The summed E-state index contributed by atoms with van der Waals surface area (Å²) in [5.41, 5.74) is 1.96. The highest BCUT2D eigenvalue weighted by Crippen LogP contribution is 2.28. The van der Waals surface area contributed by atoms with E-state index in [4.69, 9.17) is 4.74 Å². The number of rotatable bonds is 4. The van der Waals surface area contributed by atoms with E-state index in [1.54, 1.807) is 24.5 Å². The maximum absolute atomic E-state index is 12.4. The monoisotopic (exact) mass is 367 g/mol. The lowest BCUT2D eigenvalue weighted by atomic mass is 10.2. The number of thiazole rings is 1. The second-order valence-electron chi connectivity index (χ2n) is 5.22. The second-order valence-corrected chi connectivity index (χ2v) is 7.03. The Morgan fingerprint density at radius 2 is 2.04 bits per heavy atom. The molecule has 1 aromatic carbocycles. The van der Waals surface area contributed by atoms with Crippen LogP contribution in [0, 0.1) is 0 Å². The summed E-state index contributed by atoms with van der Waals surface area (Å²) in [6.45, 7) is 0. The topological polar surface area (TPSA) is 64.1 Å². The highest BCUT2D eigenvalue weighted by atomic mass is 32.1. The average Bonchev–Trinajstić information content (AvgIpc) is 3.32. The number of hydrogen-bond acceptors (Lipinski definition) is 6. The van der Waals surface area contributed by atoms with Crippen molar-refractivity contribution in [2.75, 3.05) is 12.4 Å². The van der Waals surface area contributed by atoms with Crippen molar-refractivity contribution >= 4 is 44.6 Å². The fourth-order valence-electron chi connectivity index (χ4n) is 2.39. The van der Waals surface area contributed by atoms with Gasteiger partial charge >= 0.3 is 0 Å². The summed E-state index contributed by atoms with van der Waals surface area (Å²) in [6, 6.07) is 13.1. The molecule has 0 spiro atoms. The summed E-state index contributed by atoms with van der Waals surface area (Å²) in [6.07, 6.45) is 0. The van der Waals surface area contributed by atoms with Gasteiger partial charge in [0.2, 0.25) is 0 Å². The van der Waals surface area contributed by atoms with Crippen LogP contribution < -0.4 is 10.1 Å². The van der Waals surface area contributed by atoms with Crippen LogP contribution in [0.2, 0.25) is 0 Å². The first-order chi connectivity index (χ1) is 12.2. The number of methoxy groups -OCH3 is 1. The zero-order chi connectivity index (χ0) is 17.2.